The molecular weight excluding hydrogens is 204 g/mol. The summed E-state index contributed by atoms with van der Waals surface area (Å²) in [5, 5.41) is 0. The lowest BCUT2D eigenvalue weighted by atomic mass is 10.1. The normalized spacial score (nSPS) is 21.3. The van der Waals surface area contributed by atoms with Crippen LogP contribution >= 0.6 is 0 Å². The van der Waals surface area contributed by atoms with Crippen LogP contribution in [0.5, 0.6) is 0 Å². The molecule has 0 aromatic heterocycles. The molecule has 2 N–H and O–H groups in total. The number of para-hydroxylation sites is 1. The van der Waals surface area contributed by atoms with E-state index in [2.05, 4.69) is 0 Å². The highest BCUT2D eigenvalue weighted by Crippen LogP contribution is 2.48. The second-order valence-electron chi connectivity index (χ2n) is 4.45. The SMILES string of the molecule is NCc1ccccc1N1C(=O)OCC12CC2. The van der Waals surface area contributed by atoms with Crippen molar-refractivity contribution >= 4 is 11.8 Å². The fraction of sp³-hybridized carbons (Fsp3) is 0.417. The third-order valence-electron chi connectivity index (χ3n) is 3.40. The second kappa shape index (κ2) is 3.22. The third kappa shape index (κ3) is 1.23. The Kier molecular flexibility index (Phi) is 1.94. The highest BCUT2D eigenvalue weighted by molar-refractivity contribution is 5.93. The van der Waals surface area contributed by atoms with Gasteiger partial charge in [0.15, 0.2) is 0 Å². The Hall–Kier alpha value is -1.55. The van der Waals surface area contributed by atoms with Crippen molar-refractivity contribution in [3.63, 3.8) is 0 Å². The van der Waals surface area contributed by atoms with Gasteiger partial charge in [-0.25, -0.2) is 4.79 Å². The van der Waals surface area contributed by atoms with Crippen LogP contribution in [0.3, 0.4) is 0 Å². The second-order valence-corrected chi connectivity index (χ2v) is 4.45. The molecule has 0 radical (unpaired) electrons. The minimum atomic E-state index is -0.238. The predicted molar refractivity (Wildman–Crippen MR) is 60.1 cm³/mol. The van der Waals surface area contributed by atoms with E-state index in [1.165, 1.54) is 0 Å². The molecule has 0 unspecified atom stereocenters. The molecule has 1 saturated carbocycles. The summed E-state index contributed by atoms with van der Waals surface area (Å²) >= 11 is 0. The number of nitrogens with two attached hydrogens (primary N) is 1. The number of carbonyl (C=O) groups is 1. The fourth-order valence-electron chi connectivity index (χ4n) is 2.29. The lowest BCUT2D eigenvalue weighted by Gasteiger charge is -2.23. The molecule has 1 spiro atoms. The smallest absolute Gasteiger partial charge is 0.415 e. The topological polar surface area (TPSA) is 55.6 Å². The molecule has 2 fully saturated rings. The summed E-state index contributed by atoms with van der Waals surface area (Å²) in [6.07, 6.45) is 1.81. The van der Waals surface area contributed by atoms with E-state index in [4.69, 9.17) is 10.5 Å². The number of ether oxygens (including phenoxy) is 1. The summed E-state index contributed by atoms with van der Waals surface area (Å²) < 4.78 is 5.14. The lowest BCUT2D eigenvalue weighted by Crippen LogP contribution is -2.36. The molecule has 1 amide bonds. The van der Waals surface area contributed by atoms with Gasteiger partial charge in [-0.05, 0) is 24.5 Å². The summed E-state index contributed by atoms with van der Waals surface area (Å²) in [7, 11) is 0. The van der Waals surface area contributed by atoms with Gasteiger partial charge in [0, 0.05) is 6.54 Å². The van der Waals surface area contributed by atoms with Crippen molar-refractivity contribution in [2.24, 2.45) is 5.73 Å². The van der Waals surface area contributed by atoms with Gasteiger partial charge < -0.3 is 10.5 Å². The van der Waals surface area contributed by atoms with Crippen LogP contribution in [0, 0.1) is 0 Å². The van der Waals surface area contributed by atoms with E-state index in [0.717, 1.165) is 24.1 Å². The van der Waals surface area contributed by atoms with Gasteiger partial charge in [0.25, 0.3) is 0 Å². The number of amides is 1. The molecule has 1 heterocycles. The van der Waals surface area contributed by atoms with Crippen molar-refractivity contribution in [1.29, 1.82) is 0 Å². The Bertz CT molecular complexity index is 440. The molecule has 1 aromatic rings. The first-order valence-corrected chi connectivity index (χ1v) is 5.52. The molecule has 84 valence electrons. The van der Waals surface area contributed by atoms with Crippen LogP contribution in [0.15, 0.2) is 24.3 Å². The Morgan fingerprint density at radius 1 is 1.38 bits per heavy atom. The standard InChI is InChI=1S/C12H14N2O2/c13-7-9-3-1-2-4-10(9)14-11(15)16-8-12(14)5-6-12/h1-4H,5-8,13H2. The van der Waals surface area contributed by atoms with Gasteiger partial charge >= 0.3 is 6.09 Å². The summed E-state index contributed by atoms with van der Waals surface area (Å²) in [6, 6.07) is 7.76. The molecule has 16 heavy (non-hydrogen) atoms. The van der Waals surface area contributed by atoms with Crippen LogP contribution in [-0.2, 0) is 11.3 Å². The third-order valence-corrected chi connectivity index (χ3v) is 3.40. The van der Waals surface area contributed by atoms with Crippen LogP contribution in [0.25, 0.3) is 0 Å². The Balaban J connectivity index is 2.05. The van der Waals surface area contributed by atoms with E-state index in [-0.39, 0.29) is 11.6 Å². The zero-order valence-electron chi connectivity index (χ0n) is 8.98. The molecule has 4 nitrogen and oxygen atoms in total. The van der Waals surface area contributed by atoms with E-state index in [1.807, 2.05) is 24.3 Å². The number of nitrogens with zero attached hydrogens (tertiary/aromatic N) is 1. The van der Waals surface area contributed by atoms with Crippen LogP contribution in [0.1, 0.15) is 18.4 Å². The van der Waals surface area contributed by atoms with E-state index in [1.54, 1.807) is 4.90 Å². The van der Waals surface area contributed by atoms with Gasteiger partial charge in [-0.3, -0.25) is 4.90 Å². The summed E-state index contributed by atoms with van der Waals surface area (Å²) in [5.74, 6) is 0. The number of anilines is 1. The van der Waals surface area contributed by atoms with Crippen molar-refractivity contribution in [1.82, 2.24) is 0 Å². The van der Waals surface area contributed by atoms with E-state index in [9.17, 15) is 4.79 Å². The fourth-order valence-corrected chi connectivity index (χ4v) is 2.29. The Labute approximate surface area is 94.0 Å². The molecule has 4 heteroatoms. The molecule has 0 bridgehead atoms. The molecule has 0 atom stereocenters. The molecule has 1 saturated heterocycles. The van der Waals surface area contributed by atoms with Crippen LogP contribution in [0.2, 0.25) is 0 Å². The Morgan fingerprint density at radius 3 is 2.81 bits per heavy atom. The van der Waals surface area contributed by atoms with Crippen LogP contribution < -0.4 is 10.6 Å². The molecule has 1 aromatic carbocycles. The number of hydrogen-bond acceptors (Lipinski definition) is 3. The van der Waals surface area contributed by atoms with Crippen molar-refractivity contribution in [2.45, 2.75) is 24.9 Å². The predicted octanol–water partition coefficient (Wildman–Crippen LogP) is 1.63. The number of cyclic esters (lactones) is 1. The molecule has 1 aliphatic carbocycles. The van der Waals surface area contributed by atoms with Crippen LogP contribution in [0.4, 0.5) is 10.5 Å². The maximum Gasteiger partial charge on any atom is 0.415 e. The lowest BCUT2D eigenvalue weighted by molar-refractivity contribution is 0.178. The number of carbonyl (C=O) groups excluding carboxylic acids is 1. The van der Waals surface area contributed by atoms with Crippen molar-refractivity contribution < 1.29 is 9.53 Å². The molecule has 2 aliphatic rings. The van der Waals surface area contributed by atoms with Gasteiger partial charge in [0.05, 0.1) is 11.2 Å². The van der Waals surface area contributed by atoms with E-state index in [0.29, 0.717) is 13.2 Å². The van der Waals surface area contributed by atoms with Crippen molar-refractivity contribution in [3.8, 4) is 0 Å². The summed E-state index contributed by atoms with van der Waals surface area (Å²) in [5.41, 5.74) is 7.53. The van der Waals surface area contributed by atoms with Gasteiger partial charge in [-0.2, -0.15) is 0 Å². The highest BCUT2D eigenvalue weighted by atomic mass is 16.6. The first kappa shape index (κ1) is 9.66. The number of rotatable bonds is 2. The van der Waals surface area contributed by atoms with Crippen molar-refractivity contribution in [3.05, 3.63) is 29.8 Å². The quantitative estimate of drug-likeness (QED) is 0.820. The van der Waals surface area contributed by atoms with E-state index >= 15 is 0 Å². The van der Waals surface area contributed by atoms with Gasteiger partial charge in [0.1, 0.15) is 6.61 Å². The number of hydrogen-bond donors (Lipinski definition) is 1. The van der Waals surface area contributed by atoms with E-state index < -0.39 is 0 Å². The average molecular weight is 218 g/mol. The summed E-state index contributed by atoms with van der Waals surface area (Å²) in [4.78, 5) is 13.5. The minimum absolute atomic E-state index is 0.0671. The molecular formula is C12H14N2O2. The van der Waals surface area contributed by atoms with Gasteiger partial charge in [-0.1, -0.05) is 18.2 Å². The zero-order chi connectivity index (χ0) is 11.2. The summed E-state index contributed by atoms with van der Waals surface area (Å²) in [6.45, 7) is 0.959. The largest absolute Gasteiger partial charge is 0.447 e. The first-order chi connectivity index (χ1) is 7.77. The zero-order valence-corrected chi connectivity index (χ0v) is 8.98. The average Bonchev–Trinajstić information content (AvgIpc) is 3.01. The first-order valence-electron chi connectivity index (χ1n) is 5.52. The Morgan fingerprint density at radius 2 is 2.12 bits per heavy atom. The maximum absolute atomic E-state index is 11.8. The molecule has 3 rings (SSSR count). The number of benzene rings is 1. The van der Waals surface area contributed by atoms with Gasteiger partial charge in [-0.15, -0.1) is 0 Å². The maximum atomic E-state index is 11.8. The monoisotopic (exact) mass is 218 g/mol. The van der Waals surface area contributed by atoms with Gasteiger partial charge in [0.2, 0.25) is 0 Å². The van der Waals surface area contributed by atoms with Crippen LogP contribution in [-0.4, -0.2) is 18.2 Å². The molecule has 1 aliphatic heterocycles. The van der Waals surface area contributed by atoms with Crippen molar-refractivity contribution in [2.75, 3.05) is 11.5 Å². The minimum Gasteiger partial charge on any atom is -0.447 e. The highest BCUT2D eigenvalue weighted by Gasteiger charge is 2.57.